The minimum absolute atomic E-state index is 0.0551. The molecule has 0 spiro atoms. The van der Waals surface area contributed by atoms with Crippen LogP contribution in [-0.4, -0.2) is 39.6 Å². The zero-order valence-corrected chi connectivity index (χ0v) is 11.4. The lowest BCUT2D eigenvalue weighted by Gasteiger charge is -2.40. The van der Waals surface area contributed by atoms with E-state index in [9.17, 15) is 9.90 Å². The molecule has 1 aromatic heterocycles. The van der Waals surface area contributed by atoms with E-state index in [1.165, 1.54) is 0 Å². The SMILES string of the molecule is Cc1nc(C)c(C(=O)N2CC[C@](C)(O)[C@H](C)C2)o1. The number of hydrogen-bond acceptors (Lipinski definition) is 4. The van der Waals surface area contributed by atoms with E-state index in [1.54, 1.807) is 18.7 Å². The van der Waals surface area contributed by atoms with Crippen LogP contribution in [0.5, 0.6) is 0 Å². The molecule has 1 aromatic rings. The number of amides is 1. The van der Waals surface area contributed by atoms with Crippen LogP contribution in [-0.2, 0) is 0 Å². The van der Waals surface area contributed by atoms with Crippen LogP contribution >= 0.6 is 0 Å². The number of aryl methyl sites for hydroxylation is 2. The molecule has 5 nitrogen and oxygen atoms in total. The van der Waals surface area contributed by atoms with Gasteiger partial charge in [0.05, 0.1) is 11.3 Å². The molecule has 2 rings (SSSR count). The van der Waals surface area contributed by atoms with Crippen LogP contribution in [0.3, 0.4) is 0 Å². The van der Waals surface area contributed by atoms with Crippen molar-refractivity contribution in [2.45, 2.75) is 39.7 Å². The number of likely N-dealkylation sites (tertiary alicyclic amines) is 1. The Bertz CT molecular complexity index is 465. The smallest absolute Gasteiger partial charge is 0.291 e. The summed E-state index contributed by atoms with van der Waals surface area (Å²) in [4.78, 5) is 18.1. The highest BCUT2D eigenvalue weighted by atomic mass is 16.4. The standard InChI is InChI=1S/C13H20N2O3/c1-8-7-15(6-5-13(8,4)17)12(16)11-9(2)14-10(3)18-11/h8,17H,5-7H2,1-4H3/t8-,13+/m1/s1. The average molecular weight is 252 g/mol. The molecule has 0 radical (unpaired) electrons. The molecular formula is C13H20N2O3. The third-order valence-corrected chi connectivity index (χ3v) is 3.83. The zero-order valence-electron chi connectivity index (χ0n) is 11.4. The molecule has 0 saturated carbocycles. The molecule has 0 bridgehead atoms. The minimum atomic E-state index is -0.691. The Labute approximate surface area is 107 Å². The summed E-state index contributed by atoms with van der Waals surface area (Å²) in [5.74, 6) is 0.754. The minimum Gasteiger partial charge on any atom is -0.436 e. The topological polar surface area (TPSA) is 66.6 Å². The second kappa shape index (κ2) is 4.39. The number of oxazole rings is 1. The number of rotatable bonds is 1. The van der Waals surface area contributed by atoms with Crippen molar-refractivity contribution in [1.29, 1.82) is 0 Å². The third kappa shape index (κ3) is 2.27. The van der Waals surface area contributed by atoms with E-state index < -0.39 is 5.60 Å². The Kier molecular flexibility index (Phi) is 3.19. The van der Waals surface area contributed by atoms with Gasteiger partial charge in [0.1, 0.15) is 0 Å². The molecular weight excluding hydrogens is 232 g/mol. The first kappa shape index (κ1) is 13.1. The fourth-order valence-corrected chi connectivity index (χ4v) is 2.28. The van der Waals surface area contributed by atoms with Crippen LogP contribution < -0.4 is 0 Å². The van der Waals surface area contributed by atoms with Gasteiger partial charge < -0.3 is 14.4 Å². The fourth-order valence-electron chi connectivity index (χ4n) is 2.28. The molecule has 5 heteroatoms. The molecule has 1 fully saturated rings. The zero-order chi connectivity index (χ0) is 13.5. The normalized spacial score (nSPS) is 28.5. The summed E-state index contributed by atoms with van der Waals surface area (Å²) in [5, 5.41) is 10.1. The van der Waals surface area contributed by atoms with Gasteiger partial charge in [-0.25, -0.2) is 4.98 Å². The Morgan fingerprint density at radius 3 is 2.72 bits per heavy atom. The maximum absolute atomic E-state index is 12.3. The summed E-state index contributed by atoms with van der Waals surface area (Å²) >= 11 is 0. The van der Waals surface area contributed by atoms with E-state index in [2.05, 4.69) is 4.98 Å². The van der Waals surface area contributed by atoms with Gasteiger partial charge in [-0.05, 0) is 20.3 Å². The van der Waals surface area contributed by atoms with Gasteiger partial charge >= 0.3 is 0 Å². The summed E-state index contributed by atoms with van der Waals surface area (Å²) < 4.78 is 5.35. The van der Waals surface area contributed by atoms with Gasteiger partial charge in [-0.1, -0.05) is 6.92 Å². The van der Waals surface area contributed by atoms with Crippen molar-refractivity contribution < 1.29 is 14.3 Å². The molecule has 2 atom stereocenters. The number of nitrogens with zero attached hydrogens (tertiary/aromatic N) is 2. The van der Waals surface area contributed by atoms with Gasteiger partial charge in [-0.2, -0.15) is 0 Å². The lowest BCUT2D eigenvalue weighted by molar-refractivity contribution is -0.0445. The first-order valence-electron chi connectivity index (χ1n) is 6.27. The Hall–Kier alpha value is -1.36. The van der Waals surface area contributed by atoms with Crippen molar-refractivity contribution >= 4 is 5.91 Å². The van der Waals surface area contributed by atoms with E-state index in [4.69, 9.17) is 4.42 Å². The van der Waals surface area contributed by atoms with Gasteiger partial charge in [-0.15, -0.1) is 0 Å². The molecule has 1 amide bonds. The highest BCUT2D eigenvalue weighted by Crippen LogP contribution is 2.28. The highest BCUT2D eigenvalue weighted by Gasteiger charge is 2.37. The molecule has 0 unspecified atom stereocenters. The van der Waals surface area contributed by atoms with Gasteiger partial charge in [0.25, 0.3) is 5.91 Å². The van der Waals surface area contributed by atoms with E-state index in [1.807, 2.05) is 13.8 Å². The largest absolute Gasteiger partial charge is 0.436 e. The maximum Gasteiger partial charge on any atom is 0.291 e. The van der Waals surface area contributed by atoms with Crippen molar-refractivity contribution in [3.05, 3.63) is 17.3 Å². The van der Waals surface area contributed by atoms with Gasteiger partial charge in [0.2, 0.25) is 5.76 Å². The first-order chi connectivity index (χ1) is 8.31. The Morgan fingerprint density at radius 2 is 2.22 bits per heavy atom. The number of aromatic nitrogens is 1. The predicted octanol–water partition coefficient (Wildman–Crippen LogP) is 1.52. The number of aliphatic hydroxyl groups is 1. The molecule has 1 saturated heterocycles. The van der Waals surface area contributed by atoms with E-state index in [0.717, 1.165) is 0 Å². The Morgan fingerprint density at radius 1 is 1.56 bits per heavy atom. The second-order valence-corrected chi connectivity index (χ2v) is 5.41. The number of carbonyl (C=O) groups is 1. The Balaban J connectivity index is 2.14. The van der Waals surface area contributed by atoms with Crippen LogP contribution in [0.15, 0.2) is 4.42 Å². The van der Waals surface area contributed by atoms with Crippen molar-refractivity contribution in [1.82, 2.24) is 9.88 Å². The van der Waals surface area contributed by atoms with Crippen LogP contribution in [0.2, 0.25) is 0 Å². The highest BCUT2D eigenvalue weighted by molar-refractivity contribution is 5.92. The summed E-state index contributed by atoms with van der Waals surface area (Å²) in [6.45, 7) is 8.38. The van der Waals surface area contributed by atoms with Crippen LogP contribution in [0.1, 0.15) is 42.4 Å². The predicted molar refractivity (Wildman–Crippen MR) is 66.3 cm³/mol. The lowest BCUT2D eigenvalue weighted by atomic mass is 9.84. The van der Waals surface area contributed by atoms with E-state index in [0.29, 0.717) is 36.9 Å². The fraction of sp³-hybridized carbons (Fsp3) is 0.692. The van der Waals surface area contributed by atoms with Crippen molar-refractivity contribution in [3.8, 4) is 0 Å². The molecule has 1 aliphatic rings. The summed E-state index contributed by atoms with van der Waals surface area (Å²) in [6.07, 6.45) is 0.589. The third-order valence-electron chi connectivity index (χ3n) is 3.83. The molecule has 18 heavy (non-hydrogen) atoms. The van der Waals surface area contributed by atoms with Crippen molar-refractivity contribution in [3.63, 3.8) is 0 Å². The lowest BCUT2D eigenvalue weighted by Crippen LogP contribution is -2.50. The van der Waals surface area contributed by atoms with Crippen molar-refractivity contribution in [2.75, 3.05) is 13.1 Å². The van der Waals surface area contributed by atoms with Crippen LogP contribution in [0.4, 0.5) is 0 Å². The number of piperidine rings is 1. The van der Waals surface area contributed by atoms with Crippen LogP contribution in [0, 0.1) is 19.8 Å². The molecule has 0 aromatic carbocycles. The van der Waals surface area contributed by atoms with Crippen molar-refractivity contribution in [2.24, 2.45) is 5.92 Å². The number of hydrogen-bond donors (Lipinski definition) is 1. The summed E-state index contributed by atoms with van der Waals surface area (Å²) in [6, 6.07) is 0. The summed E-state index contributed by atoms with van der Waals surface area (Å²) in [7, 11) is 0. The molecule has 100 valence electrons. The van der Waals surface area contributed by atoms with Crippen LogP contribution in [0.25, 0.3) is 0 Å². The van der Waals surface area contributed by atoms with Gasteiger partial charge in [0, 0.05) is 25.9 Å². The quantitative estimate of drug-likeness (QED) is 0.823. The second-order valence-electron chi connectivity index (χ2n) is 5.41. The maximum atomic E-state index is 12.3. The molecule has 0 aliphatic carbocycles. The molecule has 1 N–H and O–H groups in total. The number of carbonyl (C=O) groups excluding carboxylic acids is 1. The first-order valence-corrected chi connectivity index (χ1v) is 6.27. The van der Waals surface area contributed by atoms with Gasteiger partial charge in [-0.3, -0.25) is 4.79 Å². The van der Waals surface area contributed by atoms with Gasteiger partial charge in [0.15, 0.2) is 5.89 Å². The van der Waals surface area contributed by atoms with E-state index >= 15 is 0 Å². The monoisotopic (exact) mass is 252 g/mol. The molecule has 1 aliphatic heterocycles. The summed E-state index contributed by atoms with van der Waals surface area (Å²) in [5.41, 5.74) is -0.0640. The van der Waals surface area contributed by atoms with E-state index in [-0.39, 0.29) is 11.8 Å². The molecule has 2 heterocycles. The average Bonchev–Trinajstić information content (AvgIpc) is 2.61.